The topological polar surface area (TPSA) is 83.6 Å². The molecular weight excluding hydrogens is 280 g/mol. The number of carbonyl (C=O) groups excluding carboxylic acids is 1. The molecule has 1 saturated heterocycles. The van der Waals surface area contributed by atoms with Crippen LogP contribution in [0.1, 0.15) is 12.0 Å². The number of carboxylic acid groups (broad SMARTS) is 1. The highest BCUT2D eigenvalue weighted by Crippen LogP contribution is 2.34. The van der Waals surface area contributed by atoms with Gasteiger partial charge in [-0.15, -0.1) is 0 Å². The standard InChI is InChI=1S/C14H15ClN2O3/c15-11-3-1-2-9(4-5-12(18)19)13(11)17-7-6-10(8-17)14(16)20/h1-5,10H,6-8H2,(H2,16,20)(H,18,19)/b5-4+. The lowest BCUT2D eigenvalue weighted by molar-refractivity contribution is -0.131. The molecule has 1 fully saturated rings. The molecule has 1 aromatic rings. The van der Waals surface area contributed by atoms with E-state index in [4.69, 9.17) is 22.4 Å². The SMILES string of the molecule is NC(=O)C1CCN(c2c(Cl)cccc2/C=C/C(=O)O)C1. The van der Waals surface area contributed by atoms with Gasteiger partial charge in [0.15, 0.2) is 0 Å². The van der Waals surface area contributed by atoms with Gasteiger partial charge in [-0.2, -0.15) is 0 Å². The number of hydrogen-bond donors (Lipinski definition) is 2. The first-order valence-electron chi connectivity index (χ1n) is 6.23. The summed E-state index contributed by atoms with van der Waals surface area (Å²) in [6, 6.07) is 5.29. The van der Waals surface area contributed by atoms with Crippen LogP contribution in [0.2, 0.25) is 5.02 Å². The molecule has 1 aliphatic heterocycles. The Bertz CT molecular complexity index is 572. The van der Waals surface area contributed by atoms with Crippen LogP contribution in [0.15, 0.2) is 24.3 Å². The summed E-state index contributed by atoms with van der Waals surface area (Å²) in [7, 11) is 0. The van der Waals surface area contributed by atoms with Crippen LogP contribution in [0.3, 0.4) is 0 Å². The Morgan fingerprint density at radius 3 is 2.80 bits per heavy atom. The van der Waals surface area contributed by atoms with E-state index >= 15 is 0 Å². The normalized spacial score (nSPS) is 18.6. The van der Waals surface area contributed by atoms with E-state index in [0.29, 0.717) is 30.1 Å². The number of para-hydroxylation sites is 1. The van der Waals surface area contributed by atoms with E-state index in [1.54, 1.807) is 18.2 Å². The maximum absolute atomic E-state index is 11.2. The van der Waals surface area contributed by atoms with E-state index in [1.807, 2.05) is 4.90 Å². The minimum atomic E-state index is -1.02. The molecule has 1 aromatic carbocycles. The van der Waals surface area contributed by atoms with Crippen molar-refractivity contribution in [3.05, 3.63) is 34.9 Å². The number of anilines is 1. The first-order chi connectivity index (χ1) is 9.49. The molecular formula is C14H15ClN2O3. The Morgan fingerprint density at radius 1 is 1.45 bits per heavy atom. The summed E-state index contributed by atoms with van der Waals surface area (Å²) >= 11 is 6.21. The van der Waals surface area contributed by atoms with Crippen LogP contribution < -0.4 is 10.6 Å². The number of primary amides is 1. The number of halogens is 1. The van der Waals surface area contributed by atoms with Crippen LogP contribution in [0, 0.1) is 5.92 Å². The van der Waals surface area contributed by atoms with Crippen molar-refractivity contribution >= 4 is 35.2 Å². The number of aliphatic carboxylic acids is 1. The lowest BCUT2D eigenvalue weighted by Crippen LogP contribution is -2.27. The Labute approximate surface area is 121 Å². The van der Waals surface area contributed by atoms with Crippen LogP contribution in [0.4, 0.5) is 5.69 Å². The zero-order valence-corrected chi connectivity index (χ0v) is 11.5. The highest BCUT2D eigenvalue weighted by molar-refractivity contribution is 6.33. The first-order valence-corrected chi connectivity index (χ1v) is 6.60. The van der Waals surface area contributed by atoms with Gasteiger partial charge >= 0.3 is 5.97 Å². The minimum Gasteiger partial charge on any atom is -0.478 e. The monoisotopic (exact) mass is 294 g/mol. The van der Waals surface area contributed by atoms with Gasteiger partial charge in [-0.25, -0.2) is 4.79 Å². The predicted octanol–water partition coefficient (Wildman–Crippen LogP) is 1.75. The molecule has 1 heterocycles. The van der Waals surface area contributed by atoms with E-state index in [2.05, 4.69) is 0 Å². The number of nitrogens with zero attached hydrogens (tertiary/aromatic N) is 1. The molecule has 0 spiro atoms. The van der Waals surface area contributed by atoms with Crippen LogP contribution in [0.25, 0.3) is 6.08 Å². The highest BCUT2D eigenvalue weighted by Gasteiger charge is 2.28. The molecule has 5 nitrogen and oxygen atoms in total. The van der Waals surface area contributed by atoms with Crippen molar-refractivity contribution in [1.29, 1.82) is 0 Å². The van der Waals surface area contributed by atoms with Gasteiger partial charge in [0.1, 0.15) is 0 Å². The van der Waals surface area contributed by atoms with Crippen molar-refractivity contribution in [2.75, 3.05) is 18.0 Å². The van der Waals surface area contributed by atoms with Gasteiger partial charge in [0.2, 0.25) is 5.91 Å². The minimum absolute atomic E-state index is 0.192. The van der Waals surface area contributed by atoms with E-state index in [1.165, 1.54) is 6.08 Å². The van der Waals surface area contributed by atoms with Gasteiger partial charge in [-0.3, -0.25) is 4.79 Å². The zero-order chi connectivity index (χ0) is 14.7. The van der Waals surface area contributed by atoms with Crippen molar-refractivity contribution in [3.8, 4) is 0 Å². The number of amides is 1. The third-order valence-electron chi connectivity index (χ3n) is 3.33. The Morgan fingerprint density at radius 2 is 2.20 bits per heavy atom. The lowest BCUT2D eigenvalue weighted by Gasteiger charge is -2.22. The molecule has 0 aliphatic carbocycles. The zero-order valence-electron chi connectivity index (χ0n) is 10.8. The number of carbonyl (C=O) groups is 2. The van der Waals surface area contributed by atoms with Gasteiger partial charge in [-0.05, 0) is 24.1 Å². The summed E-state index contributed by atoms with van der Waals surface area (Å²) < 4.78 is 0. The van der Waals surface area contributed by atoms with E-state index in [0.717, 1.165) is 11.8 Å². The number of benzene rings is 1. The second-order valence-corrected chi connectivity index (χ2v) is 5.09. The number of nitrogens with two attached hydrogens (primary N) is 1. The van der Waals surface area contributed by atoms with E-state index in [9.17, 15) is 9.59 Å². The van der Waals surface area contributed by atoms with Gasteiger partial charge in [0.05, 0.1) is 16.6 Å². The van der Waals surface area contributed by atoms with E-state index < -0.39 is 5.97 Å². The average Bonchev–Trinajstić information content (AvgIpc) is 2.85. The summed E-state index contributed by atoms with van der Waals surface area (Å²) in [6.07, 6.45) is 3.25. The average molecular weight is 295 g/mol. The summed E-state index contributed by atoms with van der Waals surface area (Å²) in [5.41, 5.74) is 6.78. The highest BCUT2D eigenvalue weighted by atomic mass is 35.5. The second kappa shape index (κ2) is 5.96. The van der Waals surface area contributed by atoms with Gasteiger partial charge < -0.3 is 15.7 Å². The van der Waals surface area contributed by atoms with Crippen LogP contribution in [-0.4, -0.2) is 30.1 Å². The molecule has 0 radical (unpaired) electrons. The summed E-state index contributed by atoms with van der Waals surface area (Å²) in [6.45, 7) is 1.18. The third-order valence-corrected chi connectivity index (χ3v) is 3.64. The molecule has 106 valence electrons. The van der Waals surface area contributed by atoms with Crippen LogP contribution in [-0.2, 0) is 9.59 Å². The fourth-order valence-corrected chi connectivity index (χ4v) is 2.66. The van der Waals surface area contributed by atoms with Gasteiger partial charge in [0.25, 0.3) is 0 Å². The summed E-state index contributed by atoms with van der Waals surface area (Å²) in [5.74, 6) is -1.53. The molecule has 1 amide bonds. The molecule has 1 unspecified atom stereocenters. The molecule has 0 bridgehead atoms. The molecule has 2 rings (SSSR count). The third kappa shape index (κ3) is 3.11. The first kappa shape index (κ1) is 14.4. The molecule has 20 heavy (non-hydrogen) atoms. The van der Waals surface area contributed by atoms with Crippen molar-refractivity contribution in [2.24, 2.45) is 11.7 Å². The molecule has 1 aliphatic rings. The largest absolute Gasteiger partial charge is 0.478 e. The van der Waals surface area contributed by atoms with Crippen LogP contribution in [0.5, 0.6) is 0 Å². The lowest BCUT2D eigenvalue weighted by atomic mass is 10.1. The molecule has 0 aromatic heterocycles. The summed E-state index contributed by atoms with van der Waals surface area (Å²) in [5, 5.41) is 9.25. The van der Waals surface area contributed by atoms with Gasteiger partial charge in [0, 0.05) is 19.2 Å². The molecule has 1 atom stereocenters. The summed E-state index contributed by atoms with van der Waals surface area (Å²) in [4.78, 5) is 23.8. The number of hydrogen-bond acceptors (Lipinski definition) is 3. The van der Waals surface area contributed by atoms with Crippen molar-refractivity contribution in [1.82, 2.24) is 0 Å². The van der Waals surface area contributed by atoms with Crippen LogP contribution >= 0.6 is 11.6 Å². The fraction of sp³-hybridized carbons (Fsp3) is 0.286. The van der Waals surface area contributed by atoms with Gasteiger partial charge in [-0.1, -0.05) is 23.7 Å². The molecule has 6 heteroatoms. The maximum Gasteiger partial charge on any atom is 0.328 e. The van der Waals surface area contributed by atoms with Crippen molar-refractivity contribution in [2.45, 2.75) is 6.42 Å². The number of rotatable bonds is 4. The predicted molar refractivity (Wildman–Crippen MR) is 77.6 cm³/mol. The van der Waals surface area contributed by atoms with E-state index in [-0.39, 0.29) is 11.8 Å². The molecule has 0 saturated carbocycles. The Kier molecular flexibility index (Phi) is 4.29. The number of carboxylic acids is 1. The van der Waals surface area contributed by atoms with Crippen molar-refractivity contribution in [3.63, 3.8) is 0 Å². The fourth-order valence-electron chi connectivity index (χ4n) is 2.36. The maximum atomic E-state index is 11.2. The Balaban J connectivity index is 2.31. The quantitative estimate of drug-likeness (QED) is 0.829. The molecule has 3 N–H and O–H groups in total. The smallest absolute Gasteiger partial charge is 0.328 e. The second-order valence-electron chi connectivity index (χ2n) is 4.68. The Hall–Kier alpha value is -2.01. The van der Waals surface area contributed by atoms with Crippen molar-refractivity contribution < 1.29 is 14.7 Å².